The van der Waals surface area contributed by atoms with Crippen LogP contribution in [0.3, 0.4) is 0 Å². The molecule has 17 heavy (non-hydrogen) atoms. The number of anilines is 1. The number of nitrogens with zero attached hydrogens (tertiary/aromatic N) is 1. The molecule has 1 rings (SSSR count). The van der Waals surface area contributed by atoms with E-state index < -0.39 is 17.5 Å². The maximum absolute atomic E-state index is 13.9. The monoisotopic (exact) mass is 300 g/mol. The molecule has 0 bridgehead atoms. The first-order valence-corrected chi connectivity index (χ1v) is 5.93. The van der Waals surface area contributed by atoms with Crippen molar-refractivity contribution in [1.29, 1.82) is 5.26 Å². The van der Waals surface area contributed by atoms with Crippen molar-refractivity contribution in [1.82, 2.24) is 0 Å². The molecule has 0 saturated carbocycles. The lowest BCUT2D eigenvalue weighted by Crippen LogP contribution is -2.42. The zero-order chi connectivity index (χ0) is 13.2. The Morgan fingerprint density at radius 2 is 2.12 bits per heavy atom. The molecule has 0 spiro atoms. The van der Waals surface area contributed by atoms with E-state index in [0.29, 0.717) is 0 Å². The Balaban J connectivity index is 3.11. The number of hydrogen-bond acceptors (Lipinski definition) is 3. The van der Waals surface area contributed by atoms with E-state index >= 15 is 0 Å². The summed E-state index contributed by atoms with van der Waals surface area (Å²) in [4.78, 5) is 0. The Morgan fingerprint density at radius 3 is 2.59 bits per heavy atom. The van der Waals surface area contributed by atoms with Crippen LogP contribution in [-0.2, 0) is 0 Å². The van der Waals surface area contributed by atoms with E-state index in [1.165, 1.54) is 12.1 Å². The van der Waals surface area contributed by atoms with Crippen molar-refractivity contribution in [2.24, 2.45) is 0 Å². The van der Waals surface area contributed by atoms with E-state index in [1.807, 2.05) is 6.07 Å². The van der Waals surface area contributed by atoms with E-state index in [4.69, 9.17) is 5.26 Å². The molecule has 3 nitrogen and oxygen atoms in total. The SMILES string of the molecule is CC(O)C(C)(C)Nc1ccc(C#N)c(Br)c1F. The molecule has 0 saturated heterocycles. The zero-order valence-electron chi connectivity index (χ0n) is 9.88. The van der Waals surface area contributed by atoms with Crippen LogP contribution < -0.4 is 5.32 Å². The number of hydrogen-bond donors (Lipinski definition) is 2. The molecule has 0 radical (unpaired) electrons. The summed E-state index contributed by atoms with van der Waals surface area (Å²) in [6.45, 7) is 5.16. The summed E-state index contributed by atoms with van der Waals surface area (Å²) in [5.41, 5.74) is -0.168. The molecular formula is C12H14BrFN2O. The number of rotatable bonds is 3. The Bertz CT molecular complexity index is 466. The number of halogens is 2. The van der Waals surface area contributed by atoms with Crippen LogP contribution in [0.4, 0.5) is 10.1 Å². The first-order chi connectivity index (χ1) is 7.79. The third-order valence-corrected chi connectivity index (χ3v) is 3.48. The lowest BCUT2D eigenvalue weighted by Gasteiger charge is -2.30. The van der Waals surface area contributed by atoms with Gasteiger partial charge in [0.1, 0.15) is 6.07 Å². The second kappa shape index (κ2) is 5.03. The van der Waals surface area contributed by atoms with Crippen molar-refractivity contribution >= 4 is 21.6 Å². The minimum atomic E-state index is -0.658. The van der Waals surface area contributed by atoms with Gasteiger partial charge in [-0.25, -0.2) is 4.39 Å². The predicted octanol–water partition coefficient (Wildman–Crippen LogP) is 3.03. The minimum absolute atomic E-state index is 0.131. The maximum atomic E-state index is 13.9. The summed E-state index contributed by atoms with van der Waals surface area (Å²) in [6.07, 6.45) is -0.642. The van der Waals surface area contributed by atoms with Gasteiger partial charge in [-0.05, 0) is 48.8 Å². The fraction of sp³-hybridized carbons (Fsp3) is 0.417. The normalized spacial score (nSPS) is 13.0. The average molecular weight is 301 g/mol. The largest absolute Gasteiger partial charge is 0.391 e. The highest BCUT2D eigenvalue weighted by atomic mass is 79.9. The summed E-state index contributed by atoms with van der Waals surface area (Å²) < 4.78 is 14.0. The highest BCUT2D eigenvalue weighted by Crippen LogP contribution is 2.29. The van der Waals surface area contributed by atoms with Gasteiger partial charge in [-0.15, -0.1) is 0 Å². The fourth-order valence-electron chi connectivity index (χ4n) is 1.18. The molecule has 0 heterocycles. The number of nitriles is 1. The van der Waals surface area contributed by atoms with E-state index in [2.05, 4.69) is 21.2 Å². The number of benzene rings is 1. The highest BCUT2D eigenvalue weighted by molar-refractivity contribution is 9.10. The predicted molar refractivity (Wildman–Crippen MR) is 68.2 cm³/mol. The van der Waals surface area contributed by atoms with E-state index in [9.17, 15) is 9.50 Å². The third-order valence-electron chi connectivity index (χ3n) is 2.70. The second-order valence-electron chi connectivity index (χ2n) is 4.42. The summed E-state index contributed by atoms with van der Waals surface area (Å²) in [6, 6.07) is 4.90. The van der Waals surface area contributed by atoms with Crippen LogP contribution in [0.25, 0.3) is 0 Å². The summed E-state index contributed by atoms with van der Waals surface area (Å²) >= 11 is 3.04. The lowest BCUT2D eigenvalue weighted by atomic mass is 9.98. The van der Waals surface area contributed by atoms with Crippen LogP contribution >= 0.6 is 15.9 Å². The van der Waals surface area contributed by atoms with Crippen LogP contribution in [0, 0.1) is 17.1 Å². The minimum Gasteiger partial charge on any atom is -0.391 e. The van der Waals surface area contributed by atoms with Crippen molar-refractivity contribution < 1.29 is 9.50 Å². The van der Waals surface area contributed by atoms with Gasteiger partial charge < -0.3 is 10.4 Å². The van der Waals surface area contributed by atoms with Crippen LogP contribution in [-0.4, -0.2) is 16.7 Å². The molecule has 1 aromatic carbocycles. The summed E-state index contributed by atoms with van der Waals surface area (Å²) in [5.74, 6) is -0.530. The standard InChI is InChI=1S/C12H14BrFN2O/c1-7(17)12(2,3)16-9-5-4-8(6-15)10(13)11(9)14/h4-5,7,16-17H,1-3H3. The molecule has 0 aromatic heterocycles. The molecule has 0 fully saturated rings. The van der Waals surface area contributed by atoms with Crippen LogP contribution in [0.15, 0.2) is 16.6 Å². The summed E-state index contributed by atoms with van der Waals surface area (Å²) in [7, 11) is 0. The van der Waals surface area contributed by atoms with E-state index in [0.717, 1.165) is 0 Å². The Hall–Kier alpha value is -1.12. The maximum Gasteiger partial charge on any atom is 0.161 e. The van der Waals surface area contributed by atoms with Gasteiger partial charge >= 0.3 is 0 Å². The van der Waals surface area contributed by atoms with Gasteiger partial charge in [-0.1, -0.05) is 0 Å². The van der Waals surface area contributed by atoms with Gasteiger partial charge in [0.25, 0.3) is 0 Å². The molecule has 0 aliphatic rings. The van der Waals surface area contributed by atoms with Gasteiger partial charge in [0.2, 0.25) is 0 Å². The number of aliphatic hydroxyl groups is 1. The molecule has 1 atom stereocenters. The van der Waals surface area contributed by atoms with Gasteiger partial charge in [-0.2, -0.15) is 5.26 Å². The molecule has 2 N–H and O–H groups in total. The van der Waals surface area contributed by atoms with Gasteiger partial charge in [-0.3, -0.25) is 0 Å². The van der Waals surface area contributed by atoms with Gasteiger partial charge in [0, 0.05) is 0 Å². The third kappa shape index (κ3) is 2.96. The first-order valence-electron chi connectivity index (χ1n) is 5.14. The Kier molecular flexibility index (Phi) is 4.12. The molecule has 5 heteroatoms. The Morgan fingerprint density at radius 1 is 1.53 bits per heavy atom. The molecule has 92 valence electrons. The molecule has 0 aliphatic carbocycles. The van der Waals surface area contributed by atoms with Crippen LogP contribution in [0.1, 0.15) is 26.3 Å². The van der Waals surface area contributed by atoms with Gasteiger partial charge in [0.15, 0.2) is 5.82 Å². The van der Waals surface area contributed by atoms with Gasteiger partial charge in [0.05, 0.1) is 27.4 Å². The fourth-order valence-corrected chi connectivity index (χ4v) is 1.62. The van der Waals surface area contributed by atoms with Crippen molar-refractivity contribution in [3.8, 4) is 6.07 Å². The summed E-state index contributed by atoms with van der Waals surface area (Å²) in [5, 5.41) is 21.2. The van der Waals surface area contributed by atoms with E-state index in [1.54, 1.807) is 20.8 Å². The zero-order valence-corrected chi connectivity index (χ0v) is 11.5. The molecule has 0 aliphatic heterocycles. The Labute approximate surface area is 108 Å². The molecular weight excluding hydrogens is 287 g/mol. The topological polar surface area (TPSA) is 56.0 Å². The van der Waals surface area contributed by atoms with Crippen LogP contribution in [0.5, 0.6) is 0 Å². The average Bonchev–Trinajstić information content (AvgIpc) is 2.25. The first kappa shape index (κ1) is 13.9. The van der Waals surface area contributed by atoms with E-state index in [-0.39, 0.29) is 15.7 Å². The number of nitrogens with one attached hydrogen (secondary N) is 1. The molecule has 0 amide bonds. The highest BCUT2D eigenvalue weighted by Gasteiger charge is 2.25. The number of aliphatic hydroxyl groups excluding tert-OH is 1. The molecule has 1 unspecified atom stereocenters. The van der Waals surface area contributed by atoms with Crippen LogP contribution in [0.2, 0.25) is 0 Å². The second-order valence-corrected chi connectivity index (χ2v) is 5.22. The lowest BCUT2D eigenvalue weighted by molar-refractivity contribution is 0.133. The quantitative estimate of drug-likeness (QED) is 0.902. The van der Waals surface area contributed by atoms with Crippen molar-refractivity contribution in [3.63, 3.8) is 0 Å². The van der Waals surface area contributed by atoms with Crippen molar-refractivity contribution in [3.05, 3.63) is 28.0 Å². The van der Waals surface area contributed by atoms with Crippen molar-refractivity contribution in [2.75, 3.05) is 5.32 Å². The molecule has 1 aromatic rings. The van der Waals surface area contributed by atoms with Crippen molar-refractivity contribution in [2.45, 2.75) is 32.4 Å². The smallest absolute Gasteiger partial charge is 0.161 e.